The highest BCUT2D eigenvalue weighted by Gasteiger charge is 2.27. The second kappa shape index (κ2) is 7.39. The fourth-order valence-electron chi connectivity index (χ4n) is 1.72. The SMILES string of the molecule is NCCCCC(NC(=O)CN1C(=O)C=CC1=O)C(=O)O. The Bertz CT molecular complexity index is 428. The third-order valence-electron chi connectivity index (χ3n) is 2.78. The van der Waals surface area contributed by atoms with Gasteiger partial charge in [-0.2, -0.15) is 0 Å². The normalized spacial score (nSPS) is 15.6. The molecule has 0 aromatic rings. The van der Waals surface area contributed by atoms with Crippen LogP contribution in [0.5, 0.6) is 0 Å². The second-order valence-electron chi connectivity index (χ2n) is 4.34. The molecule has 8 nitrogen and oxygen atoms in total. The van der Waals surface area contributed by atoms with Crippen LogP contribution in [0.4, 0.5) is 0 Å². The van der Waals surface area contributed by atoms with E-state index in [1.807, 2.05) is 0 Å². The number of aliphatic carboxylic acids is 1. The number of rotatable bonds is 8. The molecule has 0 radical (unpaired) electrons. The fourth-order valence-corrected chi connectivity index (χ4v) is 1.72. The molecule has 1 atom stereocenters. The molecule has 0 aliphatic carbocycles. The van der Waals surface area contributed by atoms with Crippen molar-refractivity contribution in [3.05, 3.63) is 12.2 Å². The van der Waals surface area contributed by atoms with Crippen LogP contribution in [0.3, 0.4) is 0 Å². The van der Waals surface area contributed by atoms with E-state index in [0.29, 0.717) is 19.4 Å². The molecule has 110 valence electrons. The summed E-state index contributed by atoms with van der Waals surface area (Å²) in [5.41, 5.74) is 5.31. The van der Waals surface area contributed by atoms with Gasteiger partial charge < -0.3 is 16.2 Å². The monoisotopic (exact) mass is 283 g/mol. The molecule has 0 aromatic carbocycles. The van der Waals surface area contributed by atoms with E-state index in [1.165, 1.54) is 0 Å². The highest BCUT2D eigenvalue weighted by Crippen LogP contribution is 2.04. The highest BCUT2D eigenvalue weighted by atomic mass is 16.4. The number of nitrogens with one attached hydrogen (secondary N) is 1. The molecule has 0 saturated carbocycles. The topological polar surface area (TPSA) is 130 Å². The van der Waals surface area contributed by atoms with Crippen LogP contribution in [0.15, 0.2) is 12.2 Å². The number of carbonyl (C=O) groups is 4. The Morgan fingerprint density at radius 1 is 1.25 bits per heavy atom. The van der Waals surface area contributed by atoms with Crippen LogP contribution >= 0.6 is 0 Å². The number of hydrogen-bond acceptors (Lipinski definition) is 5. The van der Waals surface area contributed by atoms with E-state index in [2.05, 4.69) is 5.32 Å². The van der Waals surface area contributed by atoms with Crippen molar-refractivity contribution < 1.29 is 24.3 Å². The maximum atomic E-state index is 11.7. The number of carboxylic acids is 1. The summed E-state index contributed by atoms with van der Waals surface area (Å²) in [6, 6.07) is -1.05. The molecular formula is C12H17N3O5. The predicted molar refractivity (Wildman–Crippen MR) is 68.3 cm³/mol. The van der Waals surface area contributed by atoms with Gasteiger partial charge in [-0.05, 0) is 25.8 Å². The molecule has 1 rings (SSSR count). The van der Waals surface area contributed by atoms with Crippen molar-refractivity contribution >= 4 is 23.7 Å². The fraction of sp³-hybridized carbons (Fsp3) is 0.500. The lowest BCUT2D eigenvalue weighted by Gasteiger charge is -2.17. The van der Waals surface area contributed by atoms with E-state index in [4.69, 9.17) is 10.8 Å². The Labute approximate surface area is 115 Å². The van der Waals surface area contributed by atoms with E-state index >= 15 is 0 Å². The van der Waals surface area contributed by atoms with Crippen molar-refractivity contribution in [3.63, 3.8) is 0 Å². The van der Waals surface area contributed by atoms with Crippen LogP contribution in [0.1, 0.15) is 19.3 Å². The number of nitrogens with two attached hydrogens (primary N) is 1. The minimum absolute atomic E-state index is 0.248. The van der Waals surface area contributed by atoms with E-state index in [9.17, 15) is 19.2 Å². The molecule has 0 bridgehead atoms. The zero-order chi connectivity index (χ0) is 15.1. The van der Waals surface area contributed by atoms with Crippen LogP contribution in [0.25, 0.3) is 0 Å². The summed E-state index contributed by atoms with van der Waals surface area (Å²) in [6.07, 6.45) is 3.60. The van der Waals surface area contributed by atoms with Crippen molar-refractivity contribution in [2.75, 3.05) is 13.1 Å². The quantitative estimate of drug-likeness (QED) is 0.371. The third kappa shape index (κ3) is 4.47. The molecule has 0 fully saturated rings. The van der Waals surface area contributed by atoms with Gasteiger partial charge in [0.25, 0.3) is 11.8 Å². The average Bonchev–Trinajstić information content (AvgIpc) is 2.69. The van der Waals surface area contributed by atoms with Gasteiger partial charge in [0, 0.05) is 12.2 Å². The Balaban J connectivity index is 2.47. The molecule has 3 amide bonds. The smallest absolute Gasteiger partial charge is 0.326 e. The molecule has 1 aliphatic heterocycles. The Hall–Kier alpha value is -2.22. The van der Waals surface area contributed by atoms with Gasteiger partial charge in [0.2, 0.25) is 5.91 Å². The Morgan fingerprint density at radius 2 is 1.85 bits per heavy atom. The van der Waals surface area contributed by atoms with E-state index < -0.39 is 36.3 Å². The average molecular weight is 283 g/mol. The summed E-state index contributed by atoms with van der Waals surface area (Å²) in [7, 11) is 0. The zero-order valence-corrected chi connectivity index (χ0v) is 10.9. The van der Waals surface area contributed by atoms with Gasteiger partial charge in [-0.25, -0.2) is 4.79 Å². The molecular weight excluding hydrogens is 266 g/mol. The van der Waals surface area contributed by atoms with E-state index in [1.54, 1.807) is 0 Å². The lowest BCUT2D eigenvalue weighted by atomic mass is 10.1. The van der Waals surface area contributed by atoms with Crippen LogP contribution in [0.2, 0.25) is 0 Å². The van der Waals surface area contributed by atoms with Crippen LogP contribution in [0, 0.1) is 0 Å². The minimum Gasteiger partial charge on any atom is -0.480 e. The van der Waals surface area contributed by atoms with Crippen molar-refractivity contribution in [2.24, 2.45) is 5.73 Å². The minimum atomic E-state index is -1.16. The molecule has 0 spiro atoms. The third-order valence-corrected chi connectivity index (χ3v) is 2.78. The maximum Gasteiger partial charge on any atom is 0.326 e. The molecule has 20 heavy (non-hydrogen) atoms. The number of amides is 3. The van der Waals surface area contributed by atoms with Crippen molar-refractivity contribution in [3.8, 4) is 0 Å². The summed E-state index contributed by atoms with van der Waals surface area (Å²) >= 11 is 0. The van der Waals surface area contributed by atoms with Crippen LogP contribution in [-0.2, 0) is 19.2 Å². The number of carbonyl (C=O) groups excluding carboxylic acids is 3. The summed E-state index contributed by atoms with van der Waals surface area (Å²) < 4.78 is 0. The lowest BCUT2D eigenvalue weighted by Crippen LogP contribution is -2.46. The first kappa shape index (κ1) is 15.8. The number of hydrogen-bond donors (Lipinski definition) is 3. The highest BCUT2D eigenvalue weighted by molar-refractivity contribution is 6.14. The summed E-state index contributed by atoms with van der Waals surface area (Å²) in [5.74, 6) is -3.01. The molecule has 8 heteroatoms. The first-order valence-corrected chi connectivity index (χ1v) is 6.21. The number of nitrogens with zero attached hydrogens (tertiary/aromatic N) is 1. The van der Waals surface area contributed by atoms with Gasteiger partial charge >= 0.3 is 5.97 Å². The molecule has 1 aliphatic rings. The van der Waals surface area contributed by atoms with Crippen LogP contribution in [-0.4, -0.2) is 52.8 Å². The Morgan fingerprint density at radius 3 is 2.35 bits per heavy atom. The van der Waals surface area contributed by atoms with Gasteiger partial charge in [-0.3, -0.25) is 19.3 Å². The maximum absolute atomic E-state index is 11.7. The zero-order valence-electron chi connectivity index (χ0n) is 10.9. The summed E-state index contributed by atoms with van der Waals surface area (Å²) in [5, 5.41) is 11.3. The first-order chi connectivity index (χ1) is 9.45. The molecule has 1 unspecified atom stereocenters. The number of carboxylic acid groups (broad SMARTS) is 1. The van der Waals surface area contributed by atoms with Crippen molar-refractivity contribution in [1.29, 1.82) is 0 Å². The van der Waals surface area contributed by atoms with Gasteiger partial charge in [0.05, 0.1) is 0 Å². The molecule has 4 N–H and O–H groups in total. The number of unbranched alkanes of at least 4 members (excludes halogenated alkanes) is 1. The number of imide groups is 1. The van der Waals surface area contributed by atoms with E-state index in [0.717, 1.165) is 17.1 Å². The molecule has 0 aromatic heterocycles. The van der Waals surface area contributed by atoms with Gasteiger partial charge in [-0.15, -0.1) is 0 Å². The lowest BCUT2D eigenvalue weighted by molar-refractivity contribution is -0.143. The molecule has 0 saturated heterocycles. The Kier molecular flexibility index (Phi) is 5.85. The summed E-state index contributed by atoms with van der Waals surface area (Å²) in [6.45, 7) is -0.0337. The standard InChI is InChI=1S/C12H17N3O5/c13-6-2-1-3-8(12(19)20)14-9(16)7-15-10(17)4-5-11(15)18/h4-5,8H,1-3,6-7,13H2,(H,14,16)(H,19,20). The second-order valence-corrected chi connectivity index (χ2v) is 4.34. The van der Waals surface area contributed by atoms with Crippen LogP contribution < -0.4 is 11.1 Å². The summed E-state index contributed by atoms with van der Waals surface area (Å²) in [4.78, 5) is 45.9. The van der Waals surface area contributed by atoms with Gasteiger partial charge in [0.15, 0.2) is 0 Å². The van der Waals surface area contributed by atoms with Crippen molar-refractivity contribution in [1.82, 2.24) is 10.2 Å². The van der Waals surface area contributed by atoms with Gasteiger partial charge in [-0.1, -0.05) is 0 Å². The van der Waals surface area contributed by atoms with Crippen molar-refractivity contribution in [2.45, 2.75) is 25.3 Å². The van der Waals surface area contributed by atoms with E-state index in [-0.39, 0.29) is 6.42 Å². The first-order valence-electron chi connectivity index (χ1n) is 6.21. The largest absolute Gasteiger partial charge is 0.480 e. The molecule has 1 heterocycles. The predicted octanol–water partition coefficient (Wildman–Crippen LogP) is -1.39. The van der Waals surface area contributed by atoms with Gasteiger partial charge in [0.1, 0.15) is 12.6 Å².